The number of pyridine rings is 1. The zero-order valence-electron chi connectivity index (χ0n) is 13.2. The highest BCUT2D eigenvalue weighted by molar-refractivity contribution is 5.39. The molecule has 3 nitrogen and oxygen atoms in total. The second-order valence-corrected chi connectivity index (χ2v) is 6.21. The third-order valence-corrected chi connectivity index (χ3v) is 4.23. The van der Waals surface area contributed by atoms with Gasteiger partial charge >= 0.3 is 0 Å². The summed E-state index contributed by atoms with van der Waals surface area (Å²) in [4.78, 5) is 7.29. The summed E-state index contributed by atoms with van der Waals surface area (Å²) in [6, 6.07) is 6.92. The number of anilines is 1. The Kier molecular flexibility index (Phi) is 5.84. The predicted molar refractivity (Wildman–Crippen MR) is 86.1 cm³/mol. The first-order chi connectivity index (χ1) is 9.69. The molecule has 0 radical (unpaired) electrons. The first-order valence-corrected chi connectivity index (χ1v) is 8.13. The fraction of sp³-hybridized carbons (Fsp3) is 0.706. The van der Waals surface area contributed by atoms with Crippen LogP contribution in [0.5, 0.6) is 0 Å². The Morgan fingerprint density at radius 3 is 2.90 bits per heavy atom. The van der Waals surface area contributed by atoms with Crippen molar-refractivity contribution in [1.82, 2.24) is 10.3 Å². The molecule has 20 heavy (non-hydrogen) atoms. The van der Waals surface area contributed by atoms with Crippen LogP contribution in [0, 0.1) is 5.92 Å². The molecule has 2 rings (SSSR count). The van der Waals surface area contributed by atoms with E-state index in [9.17, 15) is 0 Å². The van der Waals surface area contributed by atoms with Crippen molar-refractivity contribution in [1.29, 1.82) is 0 Å². The second-order valence-electron chi connectivity index (χ2n) is 6.21. The molecule has 0 spiro atoms. The van der Waals surface area contributed by atoms with Gasteiger partial charge in [-0.1, -0.05) is 33.3 Å². The van der Waals surface area contributed by atoms with Gasteiger partial charge in [0.05, 0.1) is 5.69 Å². The molecular weight excluding hydrogens is 246 g/mol. The van der Waals surface area contributed by atoms with E-state index in [1.807, 2.05) is 0 Å². The van der Waals surface area contributed by atoms with Gasteiger partial charge in [0, 0.05) is 25.7 Å². The molecule has 1 aromatic rings. The predicted octanol–water partition coefficient (Wildman–Crippen LogP) is 3.60. The quantitative estimate of drug-likeness (QED) is 0.890. The molecule has 0 saturated carbocycles. The van der Waals surface area contributed by atoms with Crippen molar-refractivity contribution in [3.8, 4) is 0 Å². The summed E-state index contributed by atoms with van der Waals surface area (Å²) in [5, 5.41) is 3.44. The maximum Gasteiger partial charge on any atom is 0.128 e. The molecule has 1 aromatic heterocycles. The summed E-state index contributed by atoms with van der Waals surface area (Å²) >= 11 is 0. The third-order valence-electron chi connectivity index (χ3n) is 4.23. The molecule has 1 atom stereocenters. The van der Waals surface area contributed by atoms with Gasteiger partial charge < -0.3 is 10.2 Å². The van der Waals surface area contributed by atoms with Crippen molar-refractivity contribution in [2.45, 2.75) is 59.0 Å². The summed E-state index contributed by atoms with van der Waals surface area (Å²) in [5.41, 5.74) is 1.15. The van der Waals surface area contributed by atoms with Gasteiger partial charge in [0.1, 0.15) is 5.82 Å². The summed E-state index contributed by atoms with van der Waals surface area (Å²) in [6.45, 7) is 9.83. The van der Waals surface area contributed by atoms with E-state index in [-0.39, 0.29) is 0 Å². The number of nitrogens with zero attached hydrogens (tertiary/aromatic N) is 2. The lowest BCUT2D eigenvalue weighted by atomic mass is 9.98. The lowest BCUT2D eigenvalue weighted by molar-refractivity contribution is 0.459. The van der Waals surface area contributed by atoms with Crippen LogP contribution in [0.2, 0.25) is 0 Å². The smallest absolute Gasteiger partial charge is 0.128 e. The summed E-state index contributed by atoms with van der Waals surface area (Å²) in [6.07, 6.45) is 5.31. The van der Waals surface area contributed by atoms with Crippen molar-refractivity contribution in [3.05, 3.63) is 23.9 Å². The largest absolute Gasteiger partial charge is 0.357 e. The van der Waals surface area contributed by atoms with Crippen LogP contribution in [0.15, 0.2) is 18.2 Å². The Morgan fingerprint density at radius 1 is 1.30 bits per heavy atom. The normalized spacial score (nSPS) is 20.2. The van der Waals surface area contributed by atoms with Gasteiger partial charge in [-0.25, -0.2) is 4.98 Å². The average molecular weight is 275 g/mol. The van der Waals surface area contributed by atoms with Gasteiger partial charge in [0.15, 0.2) is 0 Å². The highest BCUT2D eigenvalue weighted by Crippen LogP contribution is 2.23. The molecule has 112 valence electrons. The van der Waals surface area contributed by atoms with E-state index in [1.54, 1.807) is 0 Å². The standard InChI is InChI=1S/C17H29N3/c1-4-15-7-6-11-20(12-10-15)17-9-5-8-16(19-17)13-18-14(2)3/h5,8-9,14-15,18H,4,6-7,10-13H2,1-3H3. The molecule has 1 N–H and O–H groups in total. The monoisotopic (exact) mass is 275 g/mol. The number of nitrogens with one attached hydrogen (secondary N) is 1. The van der Waals surface area contributed by atoms with E-state index in [4.69, 9.17) is 4.98 Å². The van der Waals surface area contributed by atoms with Gasteiger partial charge in [0.25, 0.3) is 0 Å². The van der Waals surface area contributed by atoms with E-state index in [1.165, 1.54) is 25.7 Å². The van der Waals surface area contributed by atoms with Crippen LogP contribution in [-0.2, 0) is 6.54 Å². The fourth-order valence-corrected chi connectivity index (χ4v) is 2.85. The van der Waals surface area contributed by atoms with E-state index >= 15 is 0 Å². The highest BCUT2D eigenvalue weighted by atomic mass is 15.2. The van der Waals surface area contributed by atoms with Crippen molar-refractivity contribution in [2.75, 3.05) is 18.0 Å². The van der Waals surface area contributed by atoms with Gasteiger partial charge in [-0.3, -0.25) is 0 Å². The topological polar surface area (TPSA) is 28.2 Å². The van der Waals surface area contributed by atoms with E-state index in [0.717, 1.165) is 37.1 Å². The lowest BCUT2D eigenvalue weighted by Gasteiger charge is -2.22. The fourth-order valence-electron chi connectivity index (χ4n) is 2.85. The maximum absolute atomic E-state index is 4.82. The van der Waals surface area contributed by atoms with Crippen LogP contribution in [0.1, 0.15) is 52.1 Å². The molecule has 2 heterocycles. The Hall–Kier alpha value is -1.09. The Balaban J connectivity index is 1.99. The minimum Gasteiger partial charge on any atom is -0.357 e. The van der Waals surface area contributed by atoms with Gasteiger partial charge in [-0.15, -0.1) is 0 Å². The first-order valence-electron chi connectivity index (χ1n) is 8.13. The molecular formula is C17H29N3. The molecule has 1 fully saturated rings. The van der Waals surface area contributed by atoms with E-state index in [2.05, 4.69) is 49.2 Å². The van der Waals surface area contributed by atoms with Crippen LogP contribution in [-0.4, -0.2) is 24.1 Å². The van der Waals surface area contributed by atoms with Crippen LogP contribution >= 0.6 is 0 Å². The SMILES string of the molecule is CCC1CCCN(c2cccc(CNC(C)C)n2)CC1. The molecule has 1 aliphatic heterocycles. The molecule has 0 aliphatic carbocycles. The van der Waals surface area contributed by atoms with Crippen molar-refractivity contribution >= 4 is 5.82 Å². The zero-order valence-corrected chi connectivity index (χ0v) is 13.2. The Bertz CT molecular complexity index is 403. The number of rotatable bonds is 5. The number of aromatic nitrogens is 1. The highest BCUT2D eigenvalue weighted by Gasteiger charge is 2.16. The van der Waals surface area contributed by atoms with E-state index < -0.39 is 0 Å². The van der Waals surface area contributed by atoms with Crippen molar-refractivity contribution in [2.24, 2.45) is 5.92 Å². The second kappa shape index (κ2) is 7.63. The van der Waals surface area contributed by atoms with Gasteiger partial charge in [0.2, 0.25) is 0 Å². The summed E-state index contributed by atoms with van der Waals surface area (Å²) in [5.74, 6) is 2.07. The molecule has 1 unspecified atom stereocenters. The minimum atomic E-state index is 0.504. The van der Waals surface area contributed by atoms with Gasteiger partial charge in [-0.05, 0) is 37.3 Å². The Labute approximate surface area is 123 Å². The summed E-state index contributed by atoms with van der Waals surface area (Å²) in [7, 11) is 0. The minimum absolute atomic E-state index is 0.504. The average Bonchev–Trinajstić information content (AvgIpc) is 2.71. The lowest BCUT2D eigenvalue weighted by Crippen LogP contribution is -2.26. The van der Waals surface area contributed by atoms with Crippen LogP contribution in [0.25, 0.3) is 0 Å². The van der Waals surface area contributed by atoms with Crippen LogP contribution in [0.4, 0.5) is 5.82 Å². The molecule has 0 aromatic carbocycles. The van der Waals surface area contributed by atoms with Crippen LogP contribution in [0.3, 0.4) is 0 Å². The molecule has 1 aliphatic rings. The molecule has 1 saturated heterocycles. The maximum atomic E-state index is 4.82. The third kappa shape index (κ3) is 4.48. The molecule has 3 heteroatoms. The zero-order chi connectivity index (χ0) is 14.4. The summed E-state index contributed by atoms with van der Waals surface area (Å²) < 4.78 is 0. The molecule has 0 bridgehead atoms. The van der Waals surface area contributed by atoms with E-state index in [0.29, 0.717) is 6.04 Å². The first kappa shape index (κ1) is 15.3. The molecule has 0 amide bonds. The van der Waals surface area contributed by atoms with Gasteiger partial charge in [-0.2, -0.15) is 0 Å². The van der Waals surface area contributed by atoms with Crippen molar-refractivity contribution in [3.63, 3.8) is 0 Å². The number of hydrogen-bond acceptors (Lipinski definition) is 3. The van der Waals surface area contributed by atoms with Crippen LogP contribution < -0.4 is 10.2 Å². The Morgan fingerprint density at radius 2 is 2.15 bits per heavy atom. The number of hydrogen-bond donors (Lipinski definition) is 1. The van der Waals surface area contributed by atoms with Crippen molar-refractivity contribution < 1.29 is 0 Å².